The lowest BCUT2D eigenvalue weighted by Gasteiger charge is -2.20. The highest BCUT2D eigenvalue weighted by Crippen LogP contribution is 2.33. The number of anilines is 1. The summed E-state index contributed by atoms with van der Waals surface area (Å²) in [5, 5.41) is 18.6. The molecule has 6 nitrogen and oxygen atoms in total. The molecule has 110 valence electrons. The van der Waals surface area contributed by atoms with Crippen molar-refractivity contribution < 1.29 is 24.6 Å². The standard InChI is InChI=1S/C16H11NO5/c18-14-10-5-2-1-4-9(10)8-17(14)13-11(15(19)20)6-3-7-12(13)16(21)22/h1-7H,8H2,(H,19,20)(H,21,22). The molecule has 0 unspecified atom stereocenters. The Morgan fingerprint density at radius 3 is 2.05 bits per heavy atom. The number of carboxylic acid groups (broad SMARTS) is 2. The van der Waals surface area contributed by atoms with Crippen LogP contribution in [0, 0.1) is 0 Å². The predicted octanol–water partition coefficient (Wildman–Crippen LogP) is 2.24. The van der Waals surface area contributed by atoms with Gasteiger partial charge in [-0.25, -0.2) is 9.59 Å². The number of rotatable bonds is 3. The van der Waals surface area contributed by atoms with Gasteiger partial charge < -0.3 is 15.1 Å². The molecule has 0 fully saturated rings. The number of nitrogens with zero attached hydrogens (tertiary/aromatic N) is 1. The molecule has 0 saturated heterocycles. The largest absolute Gasteiger partial charge is 0.478 e. The minimum atomic E-state index is -1.28. The highest BCUT2D eigenvalue weighted by molar-refractivity contribution is 6.15. The van der Waals surface area contributed by atoms with Crippen molar-refractivity contribution in [3.05, 3.63) is 64.7 Å². The first-order chi connectivity index (χ1) is 10.5. The van der Waals surface area contributed by atoms with E-state index in [9.17, 15) is 24.6 Å². The zero-order chi connectivity index (χ0) is 15.9. The van der Waals surface area contributed by atoms with E-state index >= 15 is 0 Å². The van der Waals surface area contributed by atoms with E-state index in [1.54, 1.807) is 24.3 Å². The van der Waals surface area contributed by atoms with E-state index in [2.05, 4.69) is 0 Å². The fraction of sp³-hybridized carbons (Fsp3) is 0.0625. The average molecular weight is 297 g/mol. The van der Waals surface area contributed by atoms with Crippen LogP contribution in [0.2, 0.25) is 0 Å². The number of amides is 1. The third-order valence-corrected chi connectivity index (χ3v) is 3.59. The molecule has 2 aromatic carbocycles. The fourth-order valence-electron chi connectivity index (χ4n) is 2.61. The van der Waals surface area contributed by atoms with Crippen molar-refractivity contribution in [3.8, 4) is 0 Å². The summed E-state index contributed by atoms with van der Waals surface area (Å²) in [6, 6.07) is 10.8. The van der Waals surface area contributed by atoms with Gasteiger partial charge in [-0.2, -0.15) is 0 Å². The molecule has 6 heteroatoms. The molecular formula is C16H11NO5. The topological polar surface area (TPSA) is 94.9 Å². The summed E-state index contributed by atoms with van der Waals surface area (Å²) in [5.41, 5.74) is 0.703. The van der Waals surface area contributed by atoms with Gasteiger partial charge in [-0.1, -0.05) is 24.3 Å². The monoisotopic (exact) mass is 297 g/mol. The van der Waals surface area contributed by atoms with Crippen LogP contribution in [-0.4, -0.2) is 28.1 Å². The third-order valence-electron chi connectivity index (χ3n) is 3.59. The maximum absolute atomic E-state index is 12.5. The molecule has 2 N–H and O–H groups in total. The molecule has 22 heavy (non-hydrogen) atoms. The molecule has 0 atom stereocenters. The van der Waals surface area contributed by atoms with Gasteiger partial charge in [0.25, 0.3) is 5.91 Å². The van der Waals surface area contributed by atoms with Crippen LogP contribution < -0.4 is 4.90 Å². The second kappa shape index (κ2) is 5.00. The Kier molecular flexibility index (Phi) is 3.14. The number of carbonyl (C=O) groups excluding carboxylic acids is 1. The number of carbonyl (C=O) groups is 3. The molecule has 0 aliphatic carbocycles. The van der Waals surface area contributed by atoms with Crippen LogP contribution in [0.3, 0.4) is 0 Å². The summed E-state index contributed by atoms with van der Waals surface area (Å²) in [6.45, 7) is 0.152. The number of fused-ring (bicyclic) bond motifs is 1. The summed E-state index contributed by atoms with van der Waals surface area (Å²) < 4.78 is 0. The highest BCUT2D eigenvalue weighted by atomic mass is 16.4. The molecule has 0 spiro atoms. The molecular weight excluding hydrogens is 286 g/mol. The van der Waals surface area contributed by atoms with Crippen LogP contribution >= 0.6 is 0 Å². The molecule has 0 radical (unpaired) electrons. The Bertz CT molecular complexity index is 780. The summed E-state index contributed by atoms with van der Waals surface area (Å²) in [7, 11) is 0. The lowest BCUT2D eigenvalue weighted by Crippen LogP contribution is -2.27. The van der Waals surface area contributed by atoms with Crippen LogP contribution in [-0.2, 0) is 6.54 Å². The van der Waals surface area contributed by atoms with E-state index in [4.69, 9.17) is 0 Å². The minimum Gasteiger partial charge on any atom is -0.478 e. The van der Waals surface area contributed by atoms with E-state index < -0.39 is 17.8 Å². The third kappa shape index (κ3) is 2.01. The number of aromatic carboxylic acids is 2. The molecule has 0 aromatic heterocycles. The first kappa shape index (κ1) is 13.8. The number of para-hydroxylation sites is 1. The SMILES string of the molecule is O=C(O)c1cccc(C(=O)O)c1N1Cc2ccccc2C1=O. The molecule has 3 rings (SSSR count). The van der Waals surface area contributed by atoms with Gasteiger partial charge in [0.2, 0.25) is 0 Å². The second-order valence-electron chi connectivity index (χ2n) is 4.86. The number of benzene rings is 2. The zero-order valence-corrected chi connectivity index (χ0v) is 11.3. The van der Waals surface area contributed by atoms with Crippen molar-refractivity contribution in [1.29, 1.82) is 0 Å². The summed E-state index contributed by atoms with van der Waals surface area (Å²) in [5.74, 6) is -2.95. The van der Waals surface area contributed by atoms with Crippen LogP contribution in [0.15, 0.2) is 42.5 Å². The normalized spacial score (nSPS) is 13.1. The number of carboxylic acids is 2. The van der Waals surface area contributed by atoms with E-state index in [-0.39, 0.29) is 23.4 Å². The van der Waals surface area contributed by atoms with Gasteiger partial charge in [0, 0.05) is 5.56 Å². The van der Waals surface area contributed by atoms with Crippen molar-refractivity contribution in [1.82, 2.24) is 0 Å². The molecule has 1 aliphatic heterocycles. The lowest BCUT2D eigenvalue weighted by atomic mass is 10.1. The van der Waals surface area contributed by atoms with E-state index in [1.165, 1.54) is 23.1 Å². The van der Waals surface area contributed by atoms with Crippen molar-refractivity contribution >= 4 is 23.5 Å². The van der Waals surface area contributed by atoms with Gasteiger partial charge in [-0.15, -0.1) is 0 Å². The Morgan fingerprint density at radius 1 is 0.909 bits per heavy atom. The van der Waals surface area contributed by atoms with Crippen molar-refractivity contribution in [2.24, 2.45) is 0 Å². The van der Waals surface area contributed by atoms with Crippen LogP contribution in [0.25, 0.3) is 0 Å². The maximum Gasteiger partial charge on any atom is 0.337 e. The Balaban J connectivity index is 2.19. The molecule has 1 amide bonds. The molecule has 2 aromatic rings. The lowest BCUT2D eigenvalue weighted by molar-refractivity contribution is 0.0696. The predicted molar refractivity (Wildman–Crippen MR) is 77.3 cm³/mol. The molecule has 0 bridgehead atoms. The Hall–Kier alpha value is -3.15. The Labute approximate surface area is 125 Å². The van der Waals surface area contributed by atoms with Crippen LogP contribution in [0.5, 0.6) is 0 Å². The first-order valence-electron chi connectivity index (χ1n) is 6.50. The van der Waals surface area contributed by atoms with E-state index in [1.807, 2.05) is 0 Å². The van der Waals surface area contributed by atoms with Gasteiger partial charge in [-0.05, 0) is 23.8 Å². The van der Waals surface area contributed by atoms with Crippen LogP contribution in [0.4, 0.5) is 5.69 Å². The summed E-state index contributed by atoms with van der Waals surface area (Å²) in [6.07, 6.45) is 0. The van der Waals surface area contributed by atoms with Gasteiger partial charge >= 0.3 is 11.9 Å². The van der Waals surface area contributed by atoms with Crippen LogP contribution in [0.1, 0.15) is 36.6 Å². The highest BCUT2D eigenvalue weighted by Gasteiger charge is 2.33. The van der Waals surface area contributed by atoms with Crippen molar-refractivity contribution in [2.75, 3.05) is 4.90 Å². The zero-order valence-electron chi connectivity index (χ0n) is 11.3. The first-order valence-corrected chi connectivity index (χ1v) is 6.50. The maximum atomic E-state index is 12.5. The fourth-order valence-corrected chi connectivity index (χ4v) is 2.61. The summed E-state index contributed by atoms with van der Waals surface area (Å²) in [4.78, 5) is 36.5. The average Bonchev–Trinajstić information content (AvgIpc) is 2.83. The molecule has 1 aliphatic rings. The van der Waals surface area contributed by atoms with Crippen molar-refractivity contribution in [3.63, 3.8) is 0 Å². The number of hydrogen-bond acceptors (Lipinski definition) is 3. The second-order valence-corrected chi connectivity index (χ2v) is 4.86. The van der Waals surface area contributed by atoms with E-state index in [0.29, 0.717) is 5.56 Å². The van der Waals surface area contributed by atoms with Gasteiger partial charge in [0.15, 0.2) is 0 Å². The number of hydrogen-bond donors (Lipinski definition) is 2. The molecule has 1 heterocycles. The quantitative estimate of drug-likeness (QED) is 0.906. The van der Waals surface area contributed by atoms with Gasteiger partial charge in [-0.3, -0.25) is 4.79 Å². The van der Waals surface area contributed by atoms with Gasteiger partial charge in [0.1, 0.15) is 0 Å². The summed E-state index contributed by atoms with van der Waals surface area (Å²) >= 11 is 0. The molecule has 0 saturated carbocycles. The smallest absolute Gasteiger partial charge is 0.337 e. The van der Waals surface area contributed by atoms with Crippen molar-refractivity contribution in [2.45, 2.75) is 6.54 Å². The van der Waals surface area contributed by atoms with E-state index in [0.717, 1.165) is 5.56 Å². The Morgan fingerprint density at radius 2 is 1.50 bits per heavy atom. The van der Waals surface area contributed by atoms with Gasteiger partial charge in [0.05, 0.1) is 23.4 Å². The minimum absolute atomic E-state index is 0.0799.